The van der Waals surface area contributed by atoms with E-state index in [0.29, 0.717) is 0 Å². The lowest BCUT2D eigenvalue weighted by molar-refractivity contribution is 0.219. The van der Waals surface area contributed by atoms with E-state index < -0.39 is 6.10 Å². The molecule has 106 valence electrons. The van der Waals surface area contributed by atoms with Crippen molar-refractivity contribution < 1.29 is 9.84 Å². The Hall–Kier alpha value is -1.80. The van der Waals surface area contributed by atoms with E-state index in [1.54, 1.807) is 7.11 Å². The second-order valence-corrected chi connectivity index (χ2v) is 5.42. The summed E-state index contributed by atoms with van der Waals surface area (Å²) in [5, 5.41) is 10.6. The van der Waals surface area contributed by atoms with Crippen LogP contribution in [-0.2, 0) is 0 Å². The van der Waals surface area contributed by atoms with Gasteiger partial charge in [-0.15, -0.1) is 0 Å². The fourth-order valence-electron chi connectivity index (χ4n) is 2.44. The molecule has 0 aliphatic rings. The number of hydrogen-bond acceptors (Lipinski definition) is 2. The molecule has 1 N–H and O–H groups in total. The molecule has 1 atom stereocenters. The molecule has 20 heavy (non-hydrogen) atoms. The maximum atomic E-state index is 10.6. The minimum Gasteiger partial charge on any atom is -0.496 e. The van der Waals surface area contributed by atoms with Crippen LogP contribution in [0, 0.1) is 27.7 Å². The predicted molar refractivity (Wildman–Crippen MR) is 82.4 cm³/mol. The van der Waals surface area contributed by atoms with Crippen molar-refractivity contribution in [3.8, 4) is 5.75 Å². The van der Waals surface area contributed by atoms with E-state index in [0.717, 1.165) is 28.0 Å². The lowest BCUT2D eigenvalue weighted by Gasteiger charge is -2.17. The molecule has 0 heterocycles. The third-order valence-electron chi connectivity index (χ3n) is 3.92. The Bertz CT molecular complexity index is 630. The highest BCUT2D eigenvalue weighted by atomic mass is 16.5. The number of hydrogen-bond donors (Lipinski definition) is 1. The van der Waals surface area contributed by atoms with E-state index in [9.17, 15) is 5.11 Å². The average molecular weight is 270 g/mol. The first-order valence-corrected chi connectivity index (χ1v) is 6.84. The van der Waals surface area contributed by atoms with Gasteiger partial charge in [0.2, 0.25) is 0 Å². The second kappa shape index (κ2) is 5.68. The Morgan fingerprint density at radius 2 is 1.55 bits per heavy atom. The maximum absolute atomic E-state index is 10.6. The van der Waals surface area contributed by atoms with Crippen LogP contribution in [0.15, 0.2) is 30.3 Å². The van der Waals surface area contributed by atoms with Gasteiger partial charge in [-0.3, -0.25) is 0 Å². The van der Waals surface area contributed by atoms with Gasteiger partial charge >= 0.3 is 0 Å². The van der Waals surface area contributed by atoms with Gasteiger partial charge in [0.1, 0.15) is 11.9 Å². The summed E-state index contributed by atoms with van der Waals surface area (Å²) < 4.78 is 5.32. The molecule has 2 rings (SSSR count). The van der Waals surface area contributed by atoms with Crippen LogP contribution in [0.5, 0.6) is 5.75 Å². The van der Waals surface area contributed by atoms with E-state index >= 15 is 0 Å². The van der Waals surface area contributed by atoms with Crippen molar-refractivity contribution in [3.05, 3.63) is 63.7 Å². The molecule has 0 fully saturated rings. The third kappa shape index (κ3) is 2.70. The highest BCUT2D eigenvalue weighted by Gasteiger charge is 2.15. The van der Waals surface area contributed by atoms with Crippen LogP contribution < -0.4 is 4.74 Å². The lowest BCUT2D eigenvalue weighted by Crippen LogP contribution is -2.04. The Morgan fingerprint density at radius 1 is 0.850 bits per heavy atom. The molecule has 2 heteroatoms. The lowest BCUT2D eigenvalue weighted by atomic mass is 9.93. The summed E-state index contributed by atoms with van der Waals surface area (Å²) in [4.78, 5) is 0. The van der Waals surface area contributed by atoms with Gasteiger partial charge in [0, 0.05) is 0 Å². The Balaban J connectivity index is 2.45. The number of benzene rings is 2. The number of methoxy groups -OCH3 is 1. The summed E-state index contributed by atoms with van der Waals surface area (Å²) in [6, 6.07) is 10.1. The predicted octanol–water partition coefficient (Wildman–Crippen LogP) is 4.01. The fraction of sp³-hybridized carbons (Fsp3) is 0.333. The van der Waals surface area contributed by atoms with Gasteiger partial charge in [0.25, 0.3) is 0 Å². The van der Waals surface area contributed by atoms with Crippen LogP contribution in [0.3, 0.4) is 0 Å². The number of aliphatic hydroxyl groups excluding tert-OH is 1. The SMILES string of the molecule is COc1cc(C)c(C(O)c2ccc(C)c(C)c2)cc1C. The van der Waals surface area contributed by atoms with Crippen LogP contribution in [-0.4, -0.2) is 12.2 Å². The van der Waals surface area contributed by atoms with E-state index in [4.69, 9.17) is 4.74 Å². The molecule has 1 unspecified atom stereocenters. The standard InChI is InChI=1S/C18H22O2/c1-11-6-7-15(8-12(11)2)18(19)16-9-14(4)17(20-5)10-13(16)3/h6-10,18-19H,1-5H3. The minimum absolute atomic E-state index is 0.598. The van der Waals surface area contributed by atoms with Crippen molar-refractivity contribution >= 4 is 0 Å². The first kappa shape index (κ1) is 14.6. The van der Waals surface area contributed by atoms with Crippen LogP contribution in [0.2, 0.25) is 0 Å². The van der Waals surface area contributed by atoms with Crippen molar-refractivity contribution in [3.63, 3.8) is 0 Å². The van der Waals surface area contributed by atoms with E-state index in [1.165, 1.54) is 11.1 Å². The van der Waals surface area contributed by atoms with Gasteiger partial charge in [0.05, 0.1) is 7.11 Å². The maximum Gasteiger partial charge on any atom is 0.122 e. The van der Waals surface area contributed by atoms with Crippen molar-refractivity contribution in [1.82, 2.24) is 0 Å². The average Bonchev–Trinajstić information content (AvgIpc) is 2.43. The number of rotatable bonds is 3. The first-order valence-electron chi connectivity index (χ1n) is 6.84. The second-order valence-electron chi connectivity index (χ2n) is 5.42. The molecule has 2 aromatic carbocycles. The highest BCUT2D eigenvalue weighted by molar-refractivity contribution is 5.45. The van der Waals surface area contributed by atoms with Crippen LogP contribution >= 0.6 is 0 Å². The normalized spacial score (nSPS) is 12.3. The molecular formula is C18H22O2. The van der Waals surface area contributed by atoms with Crippen LogP contribution in [0.4, 0.5) is 0 Å². The van der Waals surface area contributed by atoms with Crippen molar-refractivity contribution in [2.75, 3.05) is 7.11 Å². The molecule has 2 nitrogen and oxygen atoms in total. The van der Waals surface area contributed by atoms with Gasteiger partial charge in [0.15, 0.2) is 0 Å². The Kier molecular flexibility index (Phi) is 4.15. The molecule has 0 aromatic heterocycles. The number of ether oxygens (including phenoxy) is 1. The zero-order valence-corrected chi connectivity index (χ0v) is 12.8. The van der Waals surface area contributed by atoms with Crippen molar-refractivity contribution in [2.24, 2.45) is 0 Å². The van der Waals surface area contributed by atoms with Gasteiger partial charge in [-0.2, -0.15) is 0 Å². The third-order valence-corrected chi connectivity index (χ3v) is 3.92. The smallest absolute Gasteiger partial charge is 0.122 e. The monoisotopic (exact) mass is 270 g/mol. The summed E-state index contributed by atoms with van der Waals surface area (Å²) in [6.45, 7) is 8.14. The molecule has 0 amide bonds. The zero-order chi connectivity index (χ0) is 14.9. The topological polar surface area (TPSA) is 29.5 Å². The van der Waals surface area contributed by atoms with E-state index in [2.05, 4.69) is 26.0 Å². The highest BCUT2D eigenvalue weighted by Crippen LogP contribution is 2.30. The fourth-order valence-corrected chi connectivity index (χ4v) is 2.44. The van der Waals surface area contributed by atoms with Gasteiger partial charge in [-0.05, 0) is 73.2 Å². The molecule has 0 bridgehead atoms. The molecule has 0 saturated heterocycles. The summed E-state index contributed by atoms with van der Waals surface area (Å²) in [5.41, 5.74) is 6.38. The van der Waals surface area contributed by atoms with Gasteiger partial charge < -0.3 is 9.84 Å². The summed E-state index contributed by atoms with van der Waals surface area (Å²) in [5.74, 6) is 0.860. The molecule has 0 spiro atoms. The molecular weight excluding hydrogens is 248 g/mol. The molecule has 0 aliphatic carbocycles. The van der Waals surface area contributed by atoms with Crippen molar-refractivity contribution in [1.29, 1.82) is 0 Å². The Labute approximate surface area is 121 Å². The van der Waals surface area contributed by atoms with Crippen LogP contribution in [0.1, 0.15) is 39.5 Å². The van der Waals surface area contributed by atoms with Gasteiger partial charge in [-0.1, -0.05) is 18.2 Å². The molecule has 2 aromatic rings. The number of aliphatic hydroxyl groups is 1. The first-order chi connectivity index (χ1) is 9.43. The largest absolute Gasteiger partial charge is 0.496 e. The van der Waals surface area contributed by atoms with E-state index in [-0.39, 0.29) is 0 Å². The number of aryl methyl sites for hydroxylation is 4. The van der Waals surface area contributed by atoms with Crippen molar-refractivity contribution in [2.45, 2.75) is 33.8 Å². The molecule has 0 aliphatic heterocycles. The quantitative estimate of drug-likeness (QED) is 0.913. The summed E-state index contributed by atoms with van der Waals surface area (Å²) in [6.07, 6.45) is -0.598. The van der Waals surface area contributed by atoms with Crippen LogP contribution in [0.25, 0.3) is 0 Å². The van der Waals surface area contributed by atoms with Gasteiger partial charge in [-0.25, -0.2) is 0 Å². The Morgan fingerprint density at radius 3 is 2.15 bits per heavy atom. The minimum atomic E-state index is -0.598. The zero-order valence-electron chi connectivity index (χ0n) is 12.8. The summed E-state index contributed by atoms with van der Waals surface area (Å²) >= 11 is 0. The molecule has 0 radical (unpaired) electrons. The van der Waals surface area contributed by atoms with E-state index in [1.807, 2.05) is 32.0 Å². The summed E-state index contributed by atoms with van der Waals surface area (Å²) in [7, 11) is 1.67. The molecule has 0 saturated carbocycles.